The van der Waals surface area contributed by atoms with Crippen molar-refractivity contribution in [1.82, 2.24) is 14.9 Å². The van der Waals surface area contributed by atoms with Crippen LogP contribution in [0.2, 0.25) is 5.02 Å². The van der Waals surface area contributed by atoms with E-state index in [4.69, 9.17) is 21.6 Å². The third-order valence-corrected chi connectivity index (χ3v) is 3.44. The molecule has 136 valence electrons. The first-order valence-corrected chi connectivity index (χ1v) is 8.23. The van der Waals surface area contributed by atoms with E-state index in [9.17, 15) is 4.79 Å². The van der Waals surface area contributed by atoms with Crippen LogP contribution in [0.25, 0.3) is 0 Å². The summed E-state index contributed by atoms with van der Waals surface area (Å²) in [6.07, 6.45) is 3.42. The Hall–Kier alpha value is -2.89. The second-order valence-corrected chi connectivity index (χ2v) is 6.06. The van der Waals surface area contributed by atoms with Crippen molar-refractivity contribution >= 4 is 29.1 Å². The lowest BCUT2D eigenvalue weighted by molar-refractivity contribution is 0.261. The highest BCUT2D eigenvalue weighted by Gasteiger charge is 2.10. The van der Waals surface area contributed by atoms with Crippen molar-refractivity contribution in [2.24, 2.45) is 0 Å². The Morgan fingerprint density at radius 2 is 2.12 bits per heavy atom. The first-order valence-electron chi connectivity index (χ1n) is 7.85. The minimum absolute atomic E-state index is 0.166. The molecule has 1 aromatic heterocycles. The van der Waals surface area contributed by atoms with E-state index < -0.39 is 6.03 Å². The summed E-state index contributed by atoms with van der Waals surface area (Å²) in [5, 5.41) is 14.4. The molecule has 2 rings (SSSR count). The summed E-state index contributed by atoms with van der Waals surface area (Å²) in [5.41, 5.74) is 0.612. The molecule has 1 heterocycles. The van der Waals surface area contributed by atoms with Gasteiger partial charge in [-0.05, 0) is 38.7 Å². The molecule has 0 spiro atoms. The van der Waals surface area contributed by atoms with Gasteiger partial charge >= 0.3 is 6.03 Å². The van der Waals surface area contributed by atoms with Crippen LogP contribution in [-0.4, -0.2) is 48.1 Å². The molecule has 26 heavy (non-hydrogen) atoms. The monoisotopic (exact) mass is 374 g/mol. The van der Waals surface area contributed by atoms with Crippen LogP contribution < -0.4 is 15.4 Å². The van der Waals surface area contributed by atoms with Crippen molar-refractivity contribution in [2.75, 3.05) is 37.9 Å². The highest BCUT2D eigenvalue weighted by atomic mass is 35.5. The average molecular weight is 375 g/mol. The lowest BCUT2D eigenvalue weighted by Gasteiger charge is -2.14. The fourth-order valence-electron chi connectivity index (χ4n) is 2.01. The number of urea groups is 1. The minimum Gasteiger partial charge on any atom is -0.491 e. The largest absolute Gasteiger partial charge is 0.491 e. The van der Waals surface area contributed by atoms with E-state index in [0.717, 1.165) is 13.0 Å². The molecule has 0 aliphatic heterocycles. The van der Waals surface area contributed by atoms with Crippen LogP contribution in [0.3, 0.4) is 0 Å². The van der Waals surface area contributed by atoms with Crippen molar-refractivity contribution in [2.45, 2.75) is 6.42 Å². The van der Waals surface area contributed by atoms with Gasteiger partial charge in [-0.3, -0.25) is 5.32 Å². The zero-order chi connectivity index (χ0) is 18.9. The molecule has 2 amide bonds. The molecule has 0 radical (unpaired) electrons. The van der Waals surface area contributed by atoms with Crippen LogP contribution in [0, 0.1) is 11.3 Å². The van der Waals surface area contributed by atoms with Gasteiger partial charge in [-0.15, -0.1) is 0 Å². The number of ether oxygens (including phenoxy) is 1. The Kier molecular flexibility index (Phi) is 7.14. The number of hydrogen-bond donors (Lipinski definition) is 2. The molecule has 0 aliphatic rings. The lowest BCUT2D eigenvalue weighted by Crippen LogP contribution is -2.21. The van der Waals surface area contributed by atoms with Gasteiger partial charge in [0.05, 0.1) is 24.7 Å². The molecule has 9 heteroatoms. The van der Waals surface area contributed by atoms with E-state index in [1.807, 2.05) is 20.2 Å². The summed E-state index contributed by atoms with van der Waals surface area (Å²) in [4.78, 5) is 22.0. The normalized spacial score (nSPS) is 10.3. The maximum absolute atomic E-state index is 12.2. The number of carbonyl (C=O) groups excluding carboxylic acids is 1. The molecule has 0 bridgehead atoms. The van der Waals surface area contributed by atoms with Crippen LogP contribution in [0.15, 0.2) is 30.6 Å². The van der Waals surface area contributed by atoms with Gasteiger partial charge < -0.3 is 15.0 Å². The van der Waals surface area contributed by atoms with Gasteiger partial charge in [0.25, 0.3) is 0 Å². The molecular formula is C17H19ClN6O2. The summed E-state index contributed by atoms with van der Waals surface area (Å²) >= 11 is 6.01. The predicted octanol–water partition coefficient (Wildman–Crippen LogP) is 2.98. The number of nitriles is 1. The molecule has 0 saturated heterocycles. The minimum atomic E-state index is -0.524. The first-order chi connectivity index (χ1) is 12.5. The highest BCUT2D eigenvalue weighted by molar-refractivity contribution is 6.31. The summed E-state index contributed by atoms with van der Waals surface area (Å²) in [7, 11) is 3.98. The molecule has 0 aliphatic carbocycles. The van der Waals surface area contributed by atoms with Crippen LogP contribution in [0.5, 0.6) is 5.75 Å². The quantitative estimate of drug-likeness (QED) is 0.722. The van der Waals surface area contributed by atoms with Gasteiger partial charge in [-0.25, -0.2) is 14.8 Å². The number of nitrogens with one attached hydrogen (secondary N) is 2. The number of nitrogens with zero attached hydrogens (tertiary/aromatic N) is 4. The van der Waals surface area contributed by atoms with Crippen molar-refractivity contribution < 1.29 is 9.53 Å². The summed E-state index contributed by atoms with van der Waals surface area (Å²) in [6.45, 7) is 1.41. The van der Waals surface area contributed by atoms with Gasteiger partial charge in [0.1, 0.15) is 11.8 Å². The predicted molar refractivity (Wildman–Crippen MR) is 99.5 cm³/mol. The number of aromatic nitrogens is 2. The maximum atomic E-state index is 12.2. The van der Waals surface area contributed by atoms with E-state index in [1.54, 1.807) is 18.2 Å². The summed E-state index contributed by atoms with van der Waals surface area (Å²) < 4.78 is 5.73. The topological polar surface area (TPSA) is 103 Å². The standard InChI is InChI=1S/C17H19ClN6O2/c1-24(2)6-3-7-26-15-5-4-12(18)8-14(15)22-17(25)23-16-11-20-13(9-19)10-21-16/h4-5,8,10-11H,3,6-7H2,1-2H3,(H2,21,22,23,25). The molecule has 2 aromatic rings. The van der Waals surface area contributed by atoms with Crippen LogP contribution in [0.1, 0.15) is 12.1 Å². The first kappa shape index (κ1) is 19.4. The Morgan fingerprint density at radius 1 is 1.31 bits per heavy atom. The smallest absolute Gasteiger partial charge is 0.325 e. The fraction of sp³-hybridized carbons (Fsp3) is 0.294. The van der Waals surface area contributed by atoms with Crippen LogP contribution in [0.4, 0.5) is 16.3 Å². The fourth-order valence-corrected chi connectivity index (χ4v) is 2.18. The average Bonchev–Trinajstić information content (AvgIpc) is 2.60. The number of carbonyl (C=O) groups is 1. The van der Waals surface area contributed by atoms with E-state index in [0.29, 0.717) is 23.1 Å². The number of anilines is 2. The van der Waals surface area contributed by atoms with E-state index in [2.05, 4.69) is 25.5 Å². The van der Waals surface area contributed by atoms with Gasteiger partial charge in [-0.1, -0.05) is 11.6 Å². The maximum Gasteiger partial charge on any atom is 0.325 e. The Bertz CT molecular complexity index is 789. The van der Waals surface area contributed by atoms with Crippen molar-refractivity contribution in [3.05, 3.63) is 41.3 Å². The SMILES string of the molecule is CN(C)CCCOc1ccc(Cl)cc1NC(=O)Nc1cnc(C#N)cn1. The Balaban J connectivity index is 1.98. The molecule has 8 nitrogen and oxygen atoms in total. The molecule has 2 N–H and O–H groups in total. The zero-order valence-corrected chi connectivity index (χ0v) is 15.2. The number of hydrogen-bond acceptors (Lipinski definition) is 6. The van der Waals surface area contributed by atoms with E-state index >= 15 is 0 Å². The second kappa shape index (κ2) is 9.56. The Morgan fingerprint density at radius 3 is 2.77 bits per heavy atom. The number of rotatable bonds is 7. The van der Waals surface area contributed by atoms with E-state index in [-0.39, 0.29) is 11.5 Å². The molecule has 0 atom stereocenters. The van der Waals surface area contributed by atoms with Gasteiger partial charge in [0.2, 0.25) is 0 Å². The second-order valence-electron chi connectivity index (χ2n) is 5.62. The third-order valence-electron chi connectivity index (χ3n) is 3.21. The van der Waals surface area contributed by atoms with Gasteiger partial charge in [0, 0.05) is 11.6 Å². The van der Waals surface area contributed by atoms with Crippen molar-refractivity contribution in [1.29, 1.82) is 5.26 Å². The molecule has 0 saturated carbocycles. The van der Waals surface area contributed by atoms with Crippen molar-refractivity contribution in [3.63, 3.8) is 0 Å². The number of halogens is 1. The molecule has 0 fully saturated rings. The number of amides is 2. The Labute approximate surface area is 156 Å². The van der Waals surface area contributed by atoms with Crippen LogP contribution >= 0.6 is 11.6 Å². The van der Waals surface area contributed by atoms with Crippen molar-refractivity contribution in [3.8, 4) is 11.8 Å². The summed E-state index contributed by atoms with van der Waals surface area (Å²) in [6, 6.07) is 6.33. The van der Waals surface area contributed by atoms with E-state index in [1.165, 1.54) is 12.4 Å². The van der Waals surface area contributed by atoms with Gasteiger partial charge in [-0.2, -0.15) is 5.26 Å². The molecule has 0 unspecified atom stereocenters. The van der Waals surface area contributed by atoms with Gasteiger partial charge in [0.15, 0.2) is 11.5 Å². The van der Waals surface area contributed by atoms with Crippen LogP contribution in [-0.2, 0) is 0 Å². The summed E-state index contributed by atoms with van der Waals surface area (Å²) in [5.74, 6) is 0.742. The molecule has 1 aromatic carbocycles. The highest BCUT2D eigenvalue weighted by Crippen LogP contribution is 2.28. The lowest BCUT2D eigenvalue weighted by atomic mass is 10.3. The third kappa shape index (κ3) is 6.20. The molecular weight excluding hydrogens is 356 g/mol. The number of benzene rings is 1. The zero-order valence-electron chi connectivity index (χ0n) is 14.5.